The Morgan fingerprint density at radius 1 is 1.37 bits per heavy atom. The van der Waals surface area contributed by atoms with Gasteiger partial charge in [-0.15, -0.1) is 0 Å². The number of hydrogen-bond donors (Lipinski definition) is 2. The topological polar surface area (TPSA) is 61.8 Å². The lowest BCUT2D eigenvalue weighted by atomic mass is 9.83. The van der Waals surface area contributed by atoms with Gasteiger partial charge in [0.05, 0.1) is 11.3 Å². The van der Waals surface area contributed by atoms with Gasteiger partial charge < -0.3 is 11.1 Å². The average Bonchev–Trinajstić information content (AvgIpc) is 2.46. The Kier molecular flexibility index (Phi) is 4.81. The molecule has 1 aromatic rings. The summed E-state index contributed by atoms with van der Waals surface area (Å²) >= 11 is 0. The number of rotatable bonds is 4. The summed E-state index contributed by atoms with van der Waals surface area (Å²) in [5, 5.41) is 12.8. The summed E-state index contributed by atoms with van der Waals surface area (Å²) in [6.07, 6.45) is 6.47. The minimum atomic E-state index is 0.286. The van der Waals surface area contributed by atoms with Crippen LogP contribution in [0.3, 0.4) is 0 Å². The van der Waals surface area contributed by atoms with Crippen LogP contribution in [0, 0.1) is 24.2 Å². The Hall–Kier alpha value is -1.53. The minimum Gasteiger partial charge on any atom is -0.379 e. The molecule has 1 atom stereocenters. The minimum absolute atomic E-state index is 0.286. The Morgan fingerprint density at radius 2 is 2.11 bits per heavy atom. The number of nitrogens with two attached hydrogens (primary N) is 1. The van der Waals surface area contributed by atoms with E-state index in [0.29, 0.717) is 18.0 Å². The van der Waals surface area contributed by atoms with E-state index in [9.17, 15) is 5.26 Å². The molecular formula is C16H23N3. The predicted octanol–water partition coefficient (Wildman–Crippen LogP) is 3.19. The number of nitriles is 1. The van der Waals surface area contributed by atoms with Crippen molar-refractivity contribution in [1.82, 2.24) is 0 Å². The highest BCUT2D eigenvalue weighted by Crippen LogP contribution is 2.29. The van der Waals surface area contributed by atoms with E-state index in [-0.39, 0.29) is 6.04 Å². The lowest BCUT2D eigenvalue weighted by Crippen LogP contribution is -2.37. The van der Waals surface area contributed by atoms with E-state index < -0.39 is 0 Å². The molecule has 3 N–H and O–H groups in total. The summed E-state index contributed by atoms with van der Waals surface area (Å²) in [4.78, 5) is 0. The van der Waals surface area contributed by atoms with Crippen LogP contribution in [0.5, 0.6) is 0 Å². The SMILES string of the molecule is Cc1cccc(C#N)c1NC(CN)C1CCCCC1. The Morgan fingerprint density at radius 3 is 2.74 bits per heavy atom. The van der Waals surface area contributed by atoms with Crippen LogP contribution in [0.1, 0.15) is 43.2 Å². The third-order valence-electron chi connectivity index (χ3n) is 4.20. The summed E-state index contributed by atoms with van der Waals surface area (Å²) in [7, 11) is 0. The van der Waals surface area contributed by atoms with E-state index >= 15 is 0 Å². The molecule has 1 aliphatic carbocycles. The van der Waals surface area contributed by atoms with Crippen LogP contribution in [-0.2, 0) is 0 Å². The molecule has 1 aromatic carbocycles. The monoisotopic (exact) mass is 257 g/mol. The van der Waals surface area contributed by atoms with Crippen LogP contribution >= 0.6 is 0 Å². The first-order valence-corrected chi connectivity index (χ1v) is 7.22. The Balaban J connectivity index is 2.16. The van der Waals surface area contributed by atoms with Gasteiger partial charge in [0.1, 0.15) is 6.07 Å². The van der Waals surface area contributed by atoms with Crippen LogP contribution in [0.15, 0.2) is 18.2 Å². The molecule has 1 saturated carbocycles. The van der Waals surface area contributed by atoms with Crippen molar-refractivity contribution in [3.05, 3.63) is 29.3 Å². The second-order valence-electron chi connectivity index (χ2n) is 5.49. The third kappa shape index (κ3) is 3.27. The normalized spacial score (nSPS) is 17.7. The zero-order chi connectivity index (χ0) is 13.7. The number of aryl methyl sites for hydroxylation is 1. The first-order chi connectivity index (χ1) is 9.26. The van der Waals surface area contributed by atoms with Crippen LogP contribution < -0.4 is 11.1 Å². The molecule has 0 radical (unpaired) electrons. The van der Waals surface area contributed by atoms with E-state index in [4.69, 9.17) is 5.73 Å². The third-order valence-corrected chi connectivity index (χ3v) is 4.20. The number of nitrogens with one attached hydrogen (secondary N) is 1. The molecule has 0 aromatic heterocycles. The van der Waals surface area contributed by atoms with Gasteiger partial charge in [-0.3, -0.25) is 0 Å². The van der Waals surface area contributed by atoms with E-state index in [0.717, 1.165) is 11.3 Å². The first-order valence-electron chi connectivity index (χ1n) is 7.22. The zero-order valence-electron chi connectivity index (χ0n) is 11.7. The van der Waals surface area contributed by atoms with Crippen molar-refractivity contribution in [1.29, 1.82) is 5.26 Å². The maximum Gasteiger partial charge on any atom is 0.101 e. The summed E-state index contributed by atoms with van der Waals surface area (Å²) < 4.78 is 0. The molecule has 0 heterocycles. The van der Waals surface area contributed by atoms with E-state index in [2.05, 4.69) is 11.4 Å². The predicted molar refractivity (Wildman–Crippen MR) is 78.9 cm³/mol. The van der Waals surface area contributed by atoms with Gasteiger partial charge in [0, 0.05) is 12.6 Å². The van der Waals surface area contributed by atoms with E-state index in [1.807, 2.05) is 25.1 Å². The van der Waals surface area contributed by atoms with Crippen molar-refractivity contribution in [3.8, 4) is 6.07 Å². The van der Waals surface area contributed by atoms with E-state index in [1.54, 1.807) is 0 Å². The number of para-hydroxylation sites is 1. The highest BCUT2D eigenvalue weighted by molar-refractivity contribution is 5.62. The van der Waals surface area contributed by atoms with Crippen LogP contribution in [-0.4, -0.2) is 12.6 Å². The van der Waals surface area contributed by atoms with Crippen LogP contribution in [0.4, 0.5) is 5.69 Å². The number of anilines is 1. The maximum absolute atomic E-state index is 9.22. The number of hydrogen-bond acceptors (Lipinski definition) is 3. The standard InChI is InChI=1S/C16H23N3/c1-12-6-5-9-14(10-17)16(12)19-15(11-18)13-7-3-2-4-8-13/h5-6,9,13,15,19H,2-4,7-8,11,18H2,1H3. The van der Waals surface area contributed by atoms with Gasteiger partial charge in [-0.1, -0.05) is 31.4 Å². The van der Waals surface area contributed by atoms with Crippen molar-refractivity contribution in [3.63, 3.8) is 0 Å². The van der Waals surface area contributed by atoms with Crippen molar-refractivity contribution >= 4 is 5.69 Å². The fourth-order valence-corrected chi connectivity index (χ4v) is 3.04. The molecule has 3 heteroatoms. The van der Waals surface area contributed by atoms with E-state index in [1.165, 1.54) is 32.1 Å². The van der Waals surface area contributed by atoms with Gasteiger partial charge in [-0.2, -0.15) is 5.26 Å². The van der Waals surface area contributed by atoms with Gasteiger partial charge in [0.2, 0.25) is 0 Å². The quantitative estimate of drug-likeness (QED) is 0.870. The second-order valence-corrected chi connectivity index (χ2v) is 5.49. The van der Waals surface area contributed by atoms with Crippen molar-refractivity contribution in [2.45, 2.75) is 45.1 Å². The van der Waals surface area contributed by atoms with Gasteiger partial charge >= 0.3 is 0 Å². The summed E-state index contributed by atoms with van der Waals surface area (Å²) in [5.41, 5.74) is 8.75. The van der Waals surface area contributed by atoms with Gasteiger partial charge in [0.15, 0.2) is 0 Å². The van der Waals surface area contributed by atoms with Crippen LogP contribution in [0.2, 0.25) is 0 Å². The molecule has 0 aliphatic heterocycles. The molecule has 102 valence electrons. The molecule has 0 spiro atoms. The van der Waals surface area contributed by atoms with Crippen molar-refractivity contribution < 1.29 is 0 Å². The molecule has 0 amide bonds. The zero-order valence-corrected chi connectivity index (χ0v) is 11.7. The van der Waals surface area contributed by atoms with Gasteiger partial charge in [-0.25, -0.2) is 0 Å². The first kappa shape index (κ1) is 13.9. The highest BCUT2D eigenvalue weighted by Gasteiger charge is 2.23. The maximum atomic E-state index is 9.22. The Labute approximate surface area is 115 Å². The van der Waals surface area contributed by atoms with Crippen LogP contribution in [0.25, 0.3) is 0 Å². The molecule has 1 aliphatic rings. The Bertz CT molecular complexity index is 456. The van der Waals surface area contributed by atoms with Crippen molar-refractivity contribution in [2.24, 2.45) is 11.7 Å². The number of nitrogens with zero attached hydrogens (tertiary/aromatic N) is 1. The van der Waals surface area contributed by atoms with Gasteiger partial charge in [-0.05, 0) is 37.3 Å². The molecule has 1 fully saturated rings. The fourth-order valence-electron chi connectivity index (χ4n) is 3.04. The number of benzene rings is 1. The molecular weight excluding hydrogens is 234 g/mol. The van der Waals surface area contributed by atoms with Gasteiger partial charge in [0.25, 0.3) is 0 Å². The second kappa shape index (κ2) is 6.58. The molecule has 3 nitrogen and oxygen atoms in total. The molecule has 0 bridgehead atoms. The summed E-state index contributed by atoms with van der Waals surface area (Å²) in [6.45, 7) is 2.67. The molecule has 2 rings (SSSR count). The fraction of sp³-hybridized carbons (Fsp3) is 0.562. The lowest BCUT2D eigenvalue weighted by Gasteiger charge is -2.31. The average molecular weight is 257 g/mol. The highest BCUT2D eigenvalue weighted by atomic mass is 15.0. The molecule has 1 unspecified atom stereocenters. The molecule has 19 heavy (non-hydrogen) atoms. The lowest BCUT2D eigenvalue weighted by molar-refractivity contribution is 0.320. The molecule has 0 saturated heterocycles. The summed E-state index contributed by atoms with van der Waals surface area (Å²) in [5.74, 6) is 0.643. The summed E-state index contributed by atoms with van der Waals surface area (Å²) in [6, 6.07) is 8.38. The smallest absolute Gasteiger partial charge is 0.101 e. The van der Waals surface area contributed by atoms with Crippen molar-refractivity contribution in [2.75, 3.05) is 11.9 Å². The largest absolute Gasteiger partial charge is 0.379 e.